The van der Waals surface area contributed by atoms with Gasteiger partial charge in [0, 0.05) is 0 Å². The summed E-state index contributed by atoms with van der Waals surface area (Å²) in [7, 11) is 0. The summed E-state index contributed by atoms with van der Waals surface area (Å²) >= 11 is 1.09. The van der Waals surface area contributed by atoms with E-state index in [9.17, 15) is 13.2 Å². The Kier molecular flexibility index (Phi) is 3.70. The summed E-state index contributed by atoms with van der Waals surface area (Å²) < 4.78 is 32.1. The molecule has 0 aromatic carbocycles. The quantitative estimate of drug-likeness (QED) is 0.570. The van der Waals surface area contributed by atoms with E-state index in [0.717, 1.165) is 22.6 Å². The lowest BCUT2D eigenvalue weighted by Crippen LogP contribution is -2.24. The second-order valence-corrected chi connectivity index (χ2v) is 2.35. The fourth-order valence-electron chi connectivity index (χ4n) is 0.110. The number of hydrogen-bond donors (Lipinski definition) is 1. The van der Waals surface area contributed by atoms with Crippen LogP contribution in [0.15, 0.2) is 0 Å². The predicted octanol–water partition coefficient (Wildman–Crippen LogP) is 1.34. The Morgan fingerprint density at radius 1 is 1.25 bits per heavy atom. The Morgan fingerprint density at radius 2 is 1.62 bits per heavy atom. The van der Waals surface area contributed by atoms with Crippen molar-refractivity contribution < 1.29 is 18.3 Å². The molecule has 0 rings (SSSR count). The molecule has 0 amide bonds. The molecule has 0 radical (unpaired) electrons. The van der Waals surface area contributed by atoms with Crippen LogP contribution in [0.5, 0.6) is 0 Å². The highest BCUT2D eigenvalue weighted by molar-refractivity contribution is 14.1. The summed E-state index contributed by atoms with van der Waals surface area (Å²) in [4.78, 5) is 0. The van der Waals surface area contributed by atoms with E-state index in [1.54, 1.807) is 0 Å². The SMILES string of the molecule is OC(C(F)F)C(F)I. The molecule has 2 atom stereocenters. The van der Waals surface area contributed by atoms with Crippen LogP contribution in [-0.2, 0) is 0 Å². The van der Waals surface area contributed by atoms with Gasteiger partial charge in [-0.05, 0) is 22.6 Å². The lowest BCUT2D eigenvalue weighted by Gasteiger charge is -2.06. The van der Waals surface area contributed by atoms with Gasteiger partial charge in [0.25, 0.3) is 6.43 Å². The third kappa shape index (κ3) is 2.71. The monoisotopic (exact) mass is 240 g/mol. The molecule has 0 heterocycles. The fraction of sp³-hybridized carbons (Fsp3) is 1.00. The van der Waals surface area contributed by atoms with Crippen LogP contribution in [0.25, 0.3) is 0 Å². The van der Waals surface area contributed by atoms with Crippen molar-refractivity contribution in [3.05, 3.63) is 0 Å². The molecule has 0 fully saturated rings. The van der Waals surface area contributed by atoms with Gasteiger partial charge in [-0.2, -0.15) is 0 Å². The number of halogens is 4. The number of rotatable bonds is 2. The maximum atomic E-state index is 11.6. The topological polar surface area (TPSA) is 20.2 Å². The Morgan fingerprint density at radius 3 is 1.62 bits per heavy atom. The molecule has 0 spiro atoms. The first-order valence-corrected chi connectivity index (χ1v) is 3.04. The maximum Gasteiger partial charge on any atom is 0.267 e. The Labute approximate surface area is 58.0 Å². The Hall–Kier alpha value is 0.480. The van der Waals surface area contributed by atoms with Gasteiger partial charge in [0.1, 0.15) is 0 Å². The van der Waals surface area contributed by atoms with E-state index in [1.165, 1.54) is 0 Å². The molecular weight excluding hydrogens is 236 g/mol. The highest BCUT2D eigenvalue weighted by atomic mass is 127. The molecular formula is C3H4F3IO. The number of aliphatic hydroxyl groups is 1. The van der Waals surface area contributed by atoms with Crippen LogP contribution in [0, 0.1) is 0 Å². The second-order valence-electron chi connectivity index (χ2n) is 1.16. The summed E-state index contributed by atoms with van der Waals surface area (Å²) in [6.07, 6.45) is -5.13. The minimum Gasteiger partial charge on any atom is -0.383 e. The number of aliphatic hydroxyl groups excluding tert-OH is 1. The summed E-state index contributed by atoms with van der Waals surface area (Å²) in [6.45, 7) is 0. The Balaban J connectivity index is 3.46. The number of alkyl halides is 4. The summed E-state index contributed by atoms with van der Waals surface area (Å²) in [5.74, 6) is 0. The van der Waals surface area contributed by atoms with Crippen molar-refractivity contribution in [2.45, 2.75) is 16.7 Å². The van der Waals surface area contributed by atoms with Gasteiger partial charge >= 0.3 is 0 Å². The molecule has 0 aliphatic heterocycles. The molecule has 8 heavy (non-hydrogen) atoms. The van der Waals surface area contributed by atoms with Crippen molar-refractivity contribution in [1.29, 1.82) is 0 Å². The molecule has 0 aromatic heterocycles. The third-order valence-corrected chi connectivity index (χ3v) is 1.25. The Bertz CT molecular complexity index is 59.5. The van der Waals surface area contributed by atoms with Gasteiger partial charge in [0.15, 0.2) is 10.3 Å². The minimum absolute atomic E-state index is 1.09. The molecule has 1 N–H and O–H groups in total. The van der Waals surface area contributed by atoms with Gasteiger partial charge in [0.05, 0.1) is 0 Å². The van der Waals surface area contributed by atoms with Crippen molar-refractivity contribution in [2.75, 3.05) is 0 Å². The standard InChI is InChI=1S/C3H4F3IO/c4-2(5)1(8)3(6)7/h1-3,8H. The predicted molar refractivity (Wildman–Crippen MR) is 30.9 cm³/mol. The third-order valence-electron chi connectivity index (χ3n) is 0.516. The van der Waals surface area contributed by atoms with E-state index < -0.39 is 16.7 Å². The summed E-state index contributed by atoms with van der Waals surface area (Å²) in [5, 5.41) is 8.07. The van der Waals surface area contributed by atoms with Gasteiger partial charge in [-0.3, -0.25) is 0 Å². The largest absolute Gasteiger partial charge is 0.383 e. The second kappa shape index (κ2) is 3.49. The molecule has 1 nitrogen and oxygen atoms in total. The zero-order valence-electron chi connectivity index (χ0n) is 3.69. The van der Waals surface area contributed by atoms with Crippen molar-refractivity contribution >= 4 is 22.6 Å². The van der Waals surface area contributed by atoms with E-state index in [4.69, 9.17) is 5.11 Å². The molecule has 0 aliphatic rings. The van der Waals surface area contributed by atoms with E-state index in [0.29, 0.717) is 0 Å². The van der Waals surface area contributed by atoms with E-state index in [-0.39, 0.29) is 0 Å². The van der Waals surface area contributed by atoms with Crippen LogP contribution < -0.4 is 0 Å². The van der Waals surface area contributed by atoms with Crippen LogP contribution in [0.4, 0.5) is 13.2 Å². The highest BCUT2D eigenvalue weighted by Crippen LogP contribution is 2.13. The van der Waals surface area contributed by atoms with Crippen LogP contribution in [0.2, 0.25) is 0 Å². The van der Waals surface area contributed by atoms with E-state index in [1.807, 2.05) is 0 Å². The molecule has 0 saturated carbocycles. The lowest BCUT2D eigenvalue weighted by molar-refractivity contribution is -0.0217. The van der Waals surface area contributed by atoms with Crippen molar-refractivity contribution in [3.63, 3.8) is 0 Å². The normalized spacial score (nSPS) is 18.8. The van der Waals surface area contributed by atoms with Crippen LogP contribution >= 0.6 is 22.6 Å². The van der Waals surface area contributed by atoms with Gasteiger partial charge in [-0.15, -0.1) is 0 Å². The first-order valence-electron chi connectivity index (χ1n) is 1.80. The average Bonchev–Trinajstić information content (AvgIpc) is 1.64. The van der Waals surface area contributed by atoms with Crippen LogP contribution in [0.1, 0.15) is 0 Å². The van der Waals surface area contributed by atoms with E-state index in [2.05, 4.69) is 0 Å². The molecule has 0 bridgehead atoms. The number of hydrogen-bond acceptors (Lipinski definition) is 1. The first-order chi connectivity index (χ1) is 3.55. The maximum absolute atomic E-state index is 11.6. The van der Waals surface area contributed by atoms with Gasteiger partial charge in [-0.1, -0.05) is 0 Å². The average molecular weight is 240 g/mol. The zero-order chi connectivity index (χ0) is 6.73. The van der Waals surface area contributed by atoms with E-state index >= 15 is 0 Å². The van der Waals surface area contributed by atoms with Crippen molar-refractivity contribution in [2.24, 2.45) is 0 Å². The molecule has 0 saturated heterocycles. The highest BCUT2D eigenvalue weighted by Gasteiger charge is 2.24. The van der Waals surface area contributed by atoms with Crippen LogP contribution in [0.3, 0.4) is 0 Å². The molecule has 50 valence electrons. The smallest absolute Gasteiger partial charge is 0.267 e. The zero-order valence-corrected chi connectivity index (χ0v) is 5.85. The van der Waals surface area contributed by atoms with Gasteiger partial charge in [0.2, 0.25) is 0 Å². The molecule has 0 aromatic rings. The summed E-state index contributed by atoms with van der Waals surface area (Å²) in [6, 6.07) is 0. The molecule has 2 unspecified atom stereocenters. The first kappa shape index (κ1) is 8.48. The lowest BCUT2D eigenvalue weighted by atomic mass is 10.4. The van der Waals surface area contributed by atoms with Crippen molar-refractivity contribution in [3.8, 4) is 0 Å². The molecule has 5 heteroatoms. The summed E-state index contributed by atoms with van der Waals surface area (Å²) in [5.41, 5.74) is 0. The minimum atomic E-state index is -2.98. The van der Waals surface area contributed by atoms with Gasteiger partial charge < -0.3 is 5.11 Å². The fourth-order valence-corrected chi connectivity index (χ4v) is 0.424. The van der Waals surface area contributed by atoms with Crippen LogP contribution in [-0.4, -0.2) is 21.8 Å². The van der Waals surface area contributed by atoms with Crippen molar-refractivity contribution in [1.82, 2.24) is 0 Å². The molecule has 0 aliphatic carbocycles. The van der Waals surface area contributed by atoms with Gasteiger partial charge in [-0.25, -0.2) is 13.2 Å².